The standard InChI is InChI=1S/C18H18N4O4/c23-17(12-22-14-3-1-2-4-15(14)26-18(22)24)20-13-5-6-16(19-11-13)21-7-9-25-10-8-21/h1-6,11H,7-10,12H2,(H,20,23). The minimum absolute atomic E-state index is 0.124. The molecule has 8 nitrogen and oxygen atoms in total. The zero-order valence-electron chi connectivity index (χ0n) is 14.1. The highest BCUT2D eigenvalue weighted by atomic mass is 16.5. The van der Waals surface area contributed by atoms with Crippen LogP contribution in [0.25, 0.3) is 11.1 Å². The summed E-state index contributed by atoms with van der Waals surface area (Å²) in [6, 6.07) is 10.7. The predicted molar refractivity (Wildman–Crippen MR) is 96.4 cm³/mol. The summed E-state index contributed by atoms with van der Waals surface area (Å²) < 4.78 is 11.8. The maximum Gasteiger partial charge on any atom is 0.420 e. The number of oxazole rings is 1. The van der Waals surface area contributed by atoms with Crippen molar-refractivity contribution in [1.82, 2.24) is 9.55 Å². The number of benzene rings is 1. The van der Waals surface area contributed by atoms with Gasteiger partial charge in [0.05, 0.1) is 30.6 Å². The molecule has 1 N–H and O–H groups in total. The molecule has 1 amide bonds. The van der Waals surface area contributed by atoms with Crippen molar-refractivity contribution in [3.05, 3.63) is 53.1 Å². The Morgan fingerprint density at radius 2 is 1.96 bits per heavy atom. The number of amides is 1. The van der Waals surface area contributed by atoms with Crippen molar-refractivity contribution < 1.29 is 13.9 Å². The second-order valence-corrected chi connectivity index (χ2v) is 5.97. The lowest BCUT2D eigenvalue weighted by atomic mass is 10.3. The normalized spacial score (nSPS) is 14.5. The number of hydrogen-bond acceptors (Lipinski definition) is 6. The van der Waals surface area contributed by atoms with Crippen molar-refractivity contribution >= 4 is 28.5 Å². The van der Waals surface area contributed by atoms with E-state index in [0.717, 1.165) is 18.9 Å². The van der Waals surface area contributed by atoms with E-state index in [9.17, 15) is 9.59 Å². The Kier molecular flexibility index (Phi) is 4.40. The van der Waals surface area contributed by atoms with Crippen molar-refractivity contribution in [2.45, 2.75) is 6.54 Å². The quantitative estimate of drug-likeness (QED) is 0.763. The van der Waals surface area contributed by atoms with Gasteiger partial charge in [0.2, 0.25) is 5.91 Å². The highest BCUT2D eigenvalue weighted by Gasteiger charge is 2.14. The third-order valence-corrected chi connectivity index (χ3v) is 4.24. The van der Waals surface area contributed by atoms with Gasteiger partial charge >= 0.3 is 5.76 Å². The Hall–Kier alpha value is -3.13. The summed E-state index contributed by atoms with van der Waals surface area (Å²) in [5.74, 6) is -0.0231. The van der Waals surface area contributed by atoms with Crippen LogP contribution >= 0.6 is 0 Å². The summed E-state index contributed by atoms with van der Waals surface area (Å²) in [7, 11) is 0. The van der Waals surface area contributed by atoms with Gasteiger partial charge in [0.25, 0.3) is 0 Å². The third kappa shape index (κ3) is 3.31. The number of anilines is 2. The lowest BCUT2D eigenvalue weighted by Gasteiger charge is -2.27. The average molecular weight is 354 g/mol. The zero-order chi connectivity index (χ0) is 17.9. The van der Waals surface area contributed by atoms with Gasteiger partial charge in [-0.2, -0.15) is 0 Å². The fraction of sp³-hybridized carbons (Fsp3) is 0.278. The van der Waals surface area contributed by atoms with E-state index >= 15 is 0 Å². The highest BCUT2D eigenvalue weighted by molar-refractivity contribution is 5.91. The fourth-order valence-electron chi connectivity index (χ4n) is 2.95. The molecular formula is C18H18N4O4. The second kappa shape index (κ2) is 7.01. The lowest BCUT2D eigenvalue weighted by molar-refractivity contribution is -0.116. The van der Waals surface area contributed by atoms with Gasteiger partial charge in [-0.05, 0) is 24.3 Å². The first-order chi connectivity index (χ1) is 12.7. The highest BCUT2D eigenvalue weighted by Crippen LogP contribution is 2.16. The van der Waals surface area contributed by atoms with Gasteiger partial charge in [-0.25, -0.2) is 9.78 Å². The summed E-state index contributed by atoms with van der Waals surface area (Å²) in [5, 5.41) is 2.76. The first kappa shape index (κ1) is 16.3. The molecule has 1 aliphatic rings. The molecule has 0 aliphatic carbocycles. The Labute approximate surface area is 149 Å². The number of nitrogens with one attached hydrogen (secondary N) is 1. The van der Waals surface area contributed by atoms with Crippen molar-refractivity contribution in [3.63, 3.8) is 0 Å². The maximum atomic E-state index is 12.3. The Balaban J connectivity index is 1.44. The Bertz CT molecular complexity index is 971. The predicted octanol–water partition coefficient (Wildman–Crippen LogP) is 1.46. The summed E-state index contributed by atoms with van der Waals surface area (Å²) in [5.41, 5.74) is 1.63. The SMILES string of the molecule is O=C(Cn1c(=O)oc2ccccc21)Nc1ccc(N2CCOCC2)nc1. The van der Waals surface area contributed by atoms with Gasteiger partial charge in [-0.1, -0.05) is 12.1 Å². The van der Waals surface area contributed by atoms with Gasteiger partial charge in [-0.3, -0.25) is 9.36 Å². The third-order valence-electron chi connectivity index (χ3n) is 4.24. The van der Waals surface area contributed by atoms with Crippen LogP contribution < -0.4 is 16.0 Å². The van der Waals surface area contributed by atoms with Gasteiger partial charge in [0.1, 0.15) is 12.4 Å². The Morgan fingerprint density at radius 3 is 2.73 bits per heavy atom. The van der Waals surface area contributed by atoms with Crippen LogP contribution in [0.3, 0.4) is 0 Å². The molecule has 0 bridgehead atoms. The second-order valence-electron chi connectivity index (χ2n) is 5.97. The van der Waals surface area contributed by atoms with Crippen molar-refractivity contribution in [1.29, 1.82) is 0 Å². The first-order valence-electron chi connectivity index (χ1n) is 8.38. The van der Waals surface area contributed by atoms with Crippen molar-refractivity contribution in [2.24, 2.45) is 0 Å². The molecule has 4 rings (SSSR count). The van der Waals surface area contributed by atoms with Gasteiger partial charge in [0, 0.05) is 13.1 Å². The summed E-state index contributed by atoms with van der Waals surface area (Å²) in [4.78, 5) is 30.7. The topological polar surface area (TPSA) is 89.6 Å². The molecule has 1 fully saturated rings. The number of carbonyl (C=O) groups is 1. The molecule has 1 aliphatic heterocycles. The largest absolute Gasteiger partial charge is 0.420 e. The zero-order valence-corrected chi connectivity index (χ0v) is 14.1. The van der Waals surface area contributed by atoms with E-state index in [1.165, 1.54) is 4.57 Å². The number of pyridine rings is 1. The van der Waals surface area contributed by atoms with E-state index in [1.54, 1.807) is 36.5 Å². The van der Waals surface area contributed by atoms with Gasteiger partial charge in [0.15, 0.2) is 5.58 Å². The van der Waals surface area contributed by atoms with Gasteiger partial charge in [-0.15, -0.1) is 0 Å². The molecule has 0 radical (unpaired) electrons. The number of aromatic nitrogens is 2. The van der Waals surface area contributed by atoms with Crippen LogP contribution in [0.15, 0.2) is 51.8 Å². The van der Waals surface area contributed by atoms with Crippen LogP contribution in [0.1, 0.15) is 0 Å². The molecule has 3 heterocycles. The molecule has 26 heavy (non-hydrogen) atoms. The first-order valence-corrected chi connectivity index (χ1v) is 8.38. The van der Waals surface area contributed by atoms with E-state index < -0.39 is 5.76 Å². The molecule has 3 aromatic rings. The molecule has 0 unspecified atom stereocenters. The molecule has 0 spiro atoms. The molecule has 1 aromatic carbocycles. The average Bonchev–Trinajstić information content (AvgIpc) is 2.98. The van der Waals surface area contributed by atoms with Gasteiger partial charge < -0.3 is 19.4 Å². The van der Waals surface area contributed by atoms with Crippen LogP contribution in [0.2, 0.25) is 0 Å². The van der Waals surface area contributed by atoms with Crippen molar-refractivity contribution in [2.75, 3.05) is 36.5 Å². The number of hydrogen-bond donors (Lipinski definition) is 1. The molecular weight excluding hydrogens is 336 g/mol. The number of ether oxygens (including phenoxy) is 1. The number of para-hydroxylation sites is 2. The maximum absolute atomic E-state index is 12.3. The van der Waals surface area contributed by atoms with Crippen LogP contribution in [-0.2, 0) is 16.1 Å². The van der Waals surface area contributed by atoms with E-state index in [0.29, 0.717) is 30.0 Å². The van der Waals surface area contributed by atoms with Crippen LogP contribution in [0, 0.1) is 0 Å². The molecule has 134 valence electrons. The molecule has 1 saturated heterocycles. The Morgan fingerprint density at radius 1 is 1.15 bits per heavy atom. The molecule has 0 saturated carbocycles. The molecule has 0 atom stereocenters. The summed E-state index contributed by atoms with van der Waals surface area (Å²) >= 11 is 0. The lowest BCUT2D eigenvalue weighted by Crippen LogP contribution is -2.36. The smallest absolute Gasteiger partial charge is 0.408 e. The van der Waals surface area contributed by atoms with E-state index in [-0.39, 0.29) is 12.5 Å². The number of morpholine rings is 1. The van der Waals surface area contributed by atoms with E-state index in [2.05, 4.69) is 15.2 Å². The summed E-state index contributed by atoms with van der Waals surface area (Å²) in [6.45, 7) is 2.85. The minimum Gasteiger partial charge on any atom is -0.408 e. The van der Waals surface area contributed by atoms with Crippen molar-refractivity contribution in [3.8, 4) is 0 Å². The number of fused-ring (bicyclic) bond motifs is 1. The van der Waals surface area contributed by atoms with Crippen LogP contribution in [0.5, 0.6) is 0 Å². The number of carbonyl (C=O) groups excluding carboxylic acids is 1. The number of rotatable bonds is 4. The van der Waals surface area contributed by atoms with Crippen LogP contribution in [0.4, 0.5) is 11.5 Å². The molecule has 8 heteroatoms. The van der Waals surface area contributed by atoms with E-state index in [1.807, 2.05) is 6.07 Å². The summed E-state index contributed by atoms with van der Waals surface area (Å²) in [6.07, 6.45) is 1.61. The monoisotopic (exact) mass is 354 g/mol. The van der Waals surface area contributed by atoms with Crippen LogP contribution in [-0.4, -0.2) is 41.8 Å². The minimum atomic E-state index is -0.554. The fourth-order valence-corrected chi connectivity index (χ4v) is 2.95. The molecule has 2 aromatic heterocycles. The van der Waals surface area contributed by atoms with E-state index in [4.69, 9.17) is 9.15 Å². The number of nitrogens with zero attached hydrogens (tertiary/aromatic N) is 3.